The van der Waals surface area contributed by atoms with Crippen molar-refractivity contribution in [2.75, 3.05) is 17.7 Å². The Bertz CT molecular complexity index is 533. The van der Waals surface area contributed by atoms with Gasteiger partial charge in [0.15, 0.2) is 0 Å². The molecule has 0 bridgehead atoms. The first-order chi connectivity index (χ1) is 8.19. The highest BCUT2D eigenvalue weighted by atomic mass is 127. The molecule has 1 heterocycles. The summed E-state index contributed by atoms with van der Waals surface area (Å²) in [7, 11) is 1.81. The summed E-state index contributed by atoms with van der Waals surface area (Å²) in [5.41, 5.74) is 0.827. The quantitative estimate of drug-likeness (QED) is 0.822. The molecule has 0 amide bonds. The molecule has 0 saturated heterocycles. The zero-order chi connectivity index (χ0) is 12.3. The van der Waals surface area contributed by atoms with E-state index in [1.165, 1.54) is 6.33 Å². The SMILES string of the molecule is CNc1cc(Nc2ccc(I)cc2Cl)ncn1. The van der Waals surface area contributed by atoms with Crippen molar-refractivity contribution in [2.24, 2.45) is 0 Å². The van der Waals surface area contributed by atoms with Gasteiger partial charge in [-0.25, -0.2) is 9.97 Å². The predicted molar refractivity (Wildman–Crippen MR) is 79.0 cm³/mol. The van der Waals surface area contributed by atoms with Crippen LogP contribution in [0.15, 0.2) is 30.6 Å². The lowest BCUT2D eigenvalue weighted by Crippen LogP contribution is -1.98. The van der Waals surface area contributed by atoms with Crippen LogP contribution in [-0.4, -0.2) is 17.0 Å². The Hall–Kier alpha value is -1.08. The lowest BCUT2D eigenvalue weighted by atomic mass is 10.3. The Morgan fingerprint density at radius 1 is 1.18 bits per heavy atom. The van der Waals surface area contributed by atoms with Crippen molar-refractivity contribution < 1.29 is 0 Å². The molecule has 2 N–H and O–H groups in total. The van der Waals surface area contributed by atoms with Gasteiger partial charge in [0, 0.05) is 16.7 Å². The van der Waals surface area contributed by atoms with Gasteiger partial charge in [-0.1, -0.05) is 11.6 Å². The van der Waals surface area contributed by atoms with Gasteiger partial charge in [0.2, 0.25) is 0 Å². The van der Waals surface area contributed by atoms with Crippen LogP contribution in [0.2, 0.25) is 5.02 Å². The Balaban J connectivity index is 2.25. The van der Waals surface area contributed by atoms with Crippen LogP contribution in [0, 0.1) is 3.57 Å². The van der Waals surface area contributed by atoms with Crippen molar-refractivity contribution in [1.29, 1.82) is 0 Å². The fourth-order valence-corrected chi connectivity index (χ4v) is 2.19. The van der Waals surface area contributed by atoms with Crippen molar-refractivity contribution >= 4 is 51.5 Å². The molecule has 0 atom stereocenters. The lowest BCUT2D eigenvalue weighted by molar-refractivity contribution is 1.16. The number of nitrogens with one attached hydrogen (secondary N) is 2. The summed E-state index contributed by atoms with van der Waals surface area (Å²) < 4.78 is 1.09. The smallest absolute Gasteiger partial charge is 0.135 e. The Labute approximate surface area is 118 Å². The zero-order valence-corrected chi connectivity index (χ0v) is 12.0. The molecule has 0 saturated carbocycles. The van der Waals surface area contributed by atoms with Crippen LogP contribution >= 0.6 is 34.2 Å². The number of anilines is 3. The highest BCUT2D eigenvalue weighted by Crippen LogP contribution is 2.26. The van der Waals surface area contributed by atoms with Crippen LogP contribution in [0.5, 0.6) is 0 Å². The van der Waals surface area contributed by atoms with Crippen LogP contribution in [0.3, 0.4) is 0 Å². The lowest BCUT2D eigenvalue weighted by Gasteiger charge is -2.08. The highest BCUT2D eigenvalue weighted by Gasteiger charge is 2.03. The molecular weight excluding hydrogens is 351 g/mol. The van der Waals surface area contributed by atoms with Crippen LogP contribution in [0.1, 0.15) is 0 Å². The van der Waals surface area contributed by atoms with Crippen molar-refractivity contribution in [3.63, 3.8) is 0 Å². The molecular formula is C11H10ClIN4. The van der Waals surface area contributed by atoms with Gasteiger partial charge < -0.3 is 10.6 Å². The third-order valence-electron chi connectivity index (χ3n) is 2.12. The second-order valence-electron chi connectivity index (χ2n) is 3.29. The molecule has 88 valence electrons. The van der Waals surface area contributed by atoms with E-state index in [0.29, 0.717) is 10.8 Å². The Kier molecular flexibility index (Phi) is 4.01. The minimum atomic E-state index is 0.668. The monoisotopic (exact) mass is 360 g/mol. The fourth-order valence-electron chi connectivity index (χ4n) is 1.29. The summed E-state index contributed by atoms with van der Waals surface area (Å²) in [6.07, 6.45) is 1.49. The van der Waals surface area contributed by atoms with Gasteiger partial charge in [0.05, 0.1) is 10.7 Å². The standard InChI is InChI=1S/C11H10ClIN4/c1-14-10-5-11(16-6-15-10)17-9-3-2-7(13)4-8(9)12/h2-6H,1H3,(H2,14,15,16,17). The summed E-state index contributed by atoms with van der Waals surface area (Å²) in [5, 5.41) is 6.77. The molecule has 0 spiro atoms. The number of hydrogen-bond acceptors (Lipinski definition) is 4. The minimum absolute atomic E-state index is 0.668. The van der Waals surface area contributed by atoms with E-state index >= 15 is 0 Å². The average Bonchev–Trinajstić information content (AvgIpc) is 2.33. The highest BCUT2D eigenvalue weighted by molar-refractivity contribution is 14.1. The van der Waals surface area contributed by atoms with Gasteiger partial charge in [-0.3, -0.25) is 0 Å². The Morgan fingerprint density at radius 3 is 2.65 bits per heavy atom. The summed E-state index contributed by atoms with van der Waals surface area (Å²) in [5.74, 6) is 1.46. The summed E-state index contributed by atoms with van der Waals surface area (Å²) in [6, 6.07) is 7.61. The molecule has 1 aromatic carbocycles. The van der Waals surface area contributed by atoms with E-state index in [9.17, 15) is 0 Å². The van der Waals surface area contributed by atoms with E-state index in [2.05, 4.69) is 43.2 Å². The van der Waals surface area contributed by atoms with Gasteiger partial charge >= 0.3 is 0 Å². The largest absolute Gasteiger partial charge is 0.373 e. The van der Waals surface area contributed by atoms with E-state index in [0.717, 1.165) is 15.1 Å². The van der Waals surface area contributed by atoms with Gasteiger partial charge in [-0.2, -0.15) is 0 Å². The molecule has 17 heavy (non-hydrogen) atoms. The first-order valence-electron chi connectivity index (χ1n) is 4.91. The van der Waals surface area contributed by atoms with Gasteiger partial charge in [0.1, 0.15) is 18.0 Å². The van der Waals surface area contributed by atoms with Crippen molar-refractivity contribution in [2.45, 2.75) is 0 Å². The molecule has 1 aromatic heterocycles. The van der Waals surface area contributed by atoms with E-state index in [-0.39, 0.29) is 0 Å². The third-order valence-corrected chi connectivity index (χ3v) is 3.10. The minimum Gasteiger partial charge on any atom is -0.373 e. The van der Waals surface area contributed by atoms with Crippen LogP contribution in [0.25, 0.3) is 0 Å². The molecule has 0 fully saturated rings. The average molecular weight is 361 g/mol. The van der Waals surface area contributed by atoms with E-state index in [1.54, 1.807) is 0 Å². The molecule has 4 nitrogen and oxygen atoms in total. The normalized spacial score (nSPS) is 10.1. The second kappa shape index (κ2) is 5.50. The number of benzene rings is 1. The number of nitrogens with zero attached hydrogens (tertiary/aromatic N) is 2. The van der Waals surface area contributed by atoms with E-state index in [4.69, 9.17) is 11.6 Å². The fraction of sp³-hybridized carbons (Fsp3) is 0.0909. The van der Waals surface area contributed by atoms with Crippen molar-refractivity contribution in [3.05, 3.63) is 39.2 Å². The Morgan fingerprint density at radius 2 is 1.94 bits per heavy atom. The molecule has 0 aliphatic rings. The number of rotatable bonds is 3. The molecule has 0 radical (unpaired) electrons. The maximum absolute atomic E-state index is 6.13. The van der Waals surface area contributed by atoms with Crippen molar-refractivity contribution in [1.82, 2.24) is 9.97 Å². The second-order valence-corrected chi connectivity index (χ2v) is 4.94. The molecule has 2 aromatic rings. The number of hydrogen-bond donors (Lipinski definition) is 2. The summed E-state index contributed by atoms with van der Waals surface area (Å²) in [4.78, 5) is 8.16. The van der Waals surface area contributed by atoms with E-state index < -0.39 is 0 Å². The summed E-state index contributed by atoms with van der Waals surface area (Å²) in [6.45, 7) is 0. The van der Waals surface area contributed by atoms with Gasteiger partial charge in [-0.15, -0.1) is 0 Å². The summed E-state index contributed by atoms with van der Waals surface area (Å²) >= 11 is 8.34. The molecule has 6 heteroatoms. The predicted octanol–water partition coefficient (Wildman–Crippen LogP) is 3.52. The van der Waals surface area contributed by atoms with Crippen LogP contribution in [-0.2, 0) is 0 Å². The van der Waals surface area contributed by atoms with E-state index in [1.807, 2.05) is 31.3 Å². The molecule has 0 aliphatic heterocycles. The zero-order valence-electron chi connectivity index (χ0n) is 9.04. The molecule has 0 aliphatic carbocycles. The molecule has 0 unspecified atom stereocenters. The maximum Gasteiger partial charge on any atom is 0.135 e. The first-order valence-corrected chi connectivity index (χ1v) is 6.36. The number of halogens is 2. The van der Waals surface area contributed by atoms with Crippen molar-refractivity contribution in [3.8, 4) is 0 Å². The molecule has 2 rings (SSSR count). The van der Waals surface area contributed by atoms with Gasteiger partial charge in [-0.05, 0) is 40.8 Å². The maximum atomic E-state index is 6.13. The first kappa shape index (κ1) is 12.4. The topological polar surface area (TPSA) is 49.8 Å². The van der Waals surface area contributed by atoms with Crippen LogP contribution in [0.4, 0.5) is 17.3 Å². The third kappa shape index (κ3) is 3.19. The van der Waals surface area contributed by atoms with Crippen LogP contribution < -0.4 is 10.6 Å². The van der Waals surface area contributed by atoms with Gasteiger partial charge in [0.25, 0.3) is 0 Å². The number of aromatic nitrogens is 2.